The summed E-state index contributed by atoms with van der Waals surface area (Å²) in [6, 6.07) is 27.8. The van der Waals surface area contributed by atoms with Crippen molar-refractivity contribution in [1.82, 2.24) is 0 Å². The maximum Gasteiger partial charge on any atom is 0.334 e. The van der Waals surface area contributed by atoms with Crippen molar-refractivity contribution < 1.29 is 52.4 Å². The standard InChI is InChI=1S/C15H18O2.C14H18O.C13H16O2.C11H16O2.C11H14O2.C10H14O2/c1-12(2)14(16)17-15(10-6-7-11-15)13-8-4-3-5-9-13;1-3-12-6-8-13(9-7-12)15-14(2)10-4-5-11-14;1-10(2)12(14)15-13(3,4)11-8-6-5-7-9-11;2*1-4-11(7-5-6-8-11)13-10(12)9(2)3;1-8(2)9(11)12-10(3)6-4-5-7-10/h3-5,8-9H,1,6-7,10-11H2,2H3;3,6-9H,1,4-5,10-11H2,2H3;5-9H,1H2,2-4H3;4H,1-2,5-8H2,3H3;1H,2,5-8H2,3H3;4,6H,1,5,7H2,2-3H3. The van der Waals surface area contributed by atoms with Gasteiger partial charge in [-0.05, 0) is 219 Å². The van der Waals surface area contributed by atoms with Gasteiger partial charge in [-0.2, -0.15) is 0 Å². The molecule has 3 aromatic rings. The highest BCUT2D eigenvalue weighted by Crippen LogP contribution is 2.43. The summed E-state index contributed by atoms with van der Waals surface area (Å²) in [5, 5.41) is 0. The quantitative estimate of drug-likeness (QED) is 0.0445. The first-order chi connectivity index (χ1) is 40.0. The molecule has 5 aliphatic rings. The summed E-state index contributed by atoms with van der Waals surface area (Å²) in [5.41, 5.74) is 3.00. The van der Waals surface area contributed by atoms with Gasteiger partial charge >= 0.3 is 29.8 Å². The van der Waals surface area contributed by atoms with Crippen molar-refractivity contribution in [3.05, 3.63) is 194 Å². The van der Waals surface area contributed by atoms with Gasteiger partial charge in [-0.3, -0.25) is 0 Å². The van der Waals surface area contributed by atoms with Gasteiger partial charge in [-0.25, -0.2) is 24.0 Å². The van der Waals surface area contributed by atoms with Gasteiger partial charge in [0.15, 0.2) is 5.60 Å². The number of carbonyl (C=O) groups excluding carboxylic acids is 5. The summed E-state index contributed by atoms with van der Waals surface area (Å²) < 4.78 is 32.9. The van der Waals surface area contributed by atoms with Crippen LogP contribution in [0.4, 0.5) is 0 Å². The highest BCUT2D eigenvalue weighted by Gasteiger charge is 2.40. The van der Waals surface area contributed by atoms with Crippen LogP contribution in [0.3, 0.4) is 0 Å². The van der Waals surface area contributed by atoms with Crippen LogP contribution in [0.1, 0.15) is 195 Å². The molecule has 0 radical (unpaired) electrons. The highest BCUT2D eigenvalue weighted by molar-refractivity contribution is 5.89. The Morgan fingerprint density at radius 2 is 0.965 bits per heavy atom. The molecule has 0 N–H and O–H groups in total. The van der Waals surface area contributed by atoms with E-state index in [1.807, 2.05) is 124 Å². The van der Waals surface area contributed by atoms with Gasteiger partial charge in [0.1, 0.15) is 33.8 Å². The van der Waals surface area contributed by atoms with E-state index in [4.69, 9.17) is 34.8 Å². The topological polar surface area (TPSA) is 141 Å². The molecule has 0 aromatic heterocycles. The highest BCUT2D eigenvalue weighted by atomic mass is 16.6. The Labute approximate surface area is 509 Å². The molecule has 0 heterocycles. The van der Waals surface area contributed by atoms with Gasteiger partial charge in [-0.15, -0.1) is 6.42 Å². The first kappa shape index (κ1) is 71.6. The number of esters is 5. The minimum atomic E-state index is -0.643. The lowest BCUT2D eigenvalue weighted by atomic mass is 9.92. The van der Waals surface area contributed by atoms with Crippen molar-refractivity contribution in [3.63, 3.8) is 0 Å². The Hall–Kier alpha value is -7.71. The van der Waals surface area contributed by atoms with Crippen LogP contribution < -0.4 is 4.74 Å². The number of hydrogen-bond donors (Lipinski definition) is 0. The first-order valence-electron chi connectivity index (χ1n) is 29.8. The van der Waals surface area contributed by atoms with E-state index in [1.54, 1.807) is 40.7 Å². The van der Waals surface area contributed by atoms with E-state index in [0.717, 1.165) is 112 Å². The Morgan fingerprint density at radius 1 is 0.529 bits per heavy atom. The summed E-state index contributed by atoms with van der Waals surface area (Å²) in [6.07, 6.45) is 31.4. The lowest BCUT2D eigenvalue weighted by Crippen LogP contribution is -2.30. The number of carbonyl (C=O) groups is 5. The second-order valence-electron chi connectivity index (χ2n) is 23.9. The SMILES string of the molecule is C#CC1(OC(=O)C(=C)C)CCCC1.C=C(C)C(=O)OC(C)(C)c1ccccc1.C=C(C)C(=O)OC1(C)C=CCC1.C=C(C)C(=O)OC1(c2ccccc2)CCCC1.C=CC1(OC(=O)C(=C)C)CCCC1.C=Cc1ccc(OC2(C)CCCC2)cc1. The molecule has 4 saturated carbocycles. The zero-order valence-corrected chi connectivity index (χ0v) is 52.6. The van der Waals surface area contributed by atoms with Crippen LogP contribution in [-0.4, -0.2) is 52.3 Å². The Morgan fingerprint density at radius 3 is 1.41 bits per heavy atom. The fraction of sp³-hybridized carbons (Fsp3) is 0.446. The van der Waals surface area contributed by atoms with Crippen molar-refractivity contribution in [2.75, 3.05) is 0 Å². The second-order valence-corrected chi connectivity index (χ2v) is 23.9. The molecule has 0 aliphatic heterocycles. The lowest BCUT2D eigenvalue weighted by molar-refractivity contribution is -0.156. The van der Waals surface area contributed by atoms with Crippen LogP contribution in [0.25, 0.3) is 6.08 Å². The Bertz CT molecular complexity index is 2850. The second kappa shape index (κ2) is 33.7. The van der Waals surface area contributed by atoms with Crippen molar-refractivity contribution >= 4 is 35.9 Å². The van der Waals surface area contributed by atoms with Crippen molar-refractivity contribution in [1.29, 1.82) is 0 Å². The Kier molecular flexibility index (Phi) is 28.4. The maximum atomic E-state index is 11.8. The van der Waals surface area contributed by atoms with Crippen molar-refractivity contribution in [2.24, 2.45) is 0 Å². The summed E-state index contributed by atoms with van der Waals surface area (Å²) >= 11 is 0. The van der Waals surface area contributed by atoms with Gasteiger partial charge in [-0.1, -0.05) is 137 Å². The molecule has 85 heavy (non-hydrogen) atoms. The number of terminal acetylenes is 1. The van der Waals surface area contributed by atoms with Crippen molar-refractivity contribution in [3.8, 4) is 18.1 Å². The zero-order chi connectivity index (χ0) is 63.5. The first-order valence-corrected chi connectivity index (χ1v) is 29.8. The maximum absolute atomic E-state index is 11.8. The fourth-order valence-electron chi connectivity index (χ4n) is 10.1. The van der Waals surface area contributed by atoms with Crippen LogP contribution in [0, 0.1) is 12.3 Å². The molecule has 1 unspecified atom stereocenters. The summed E-state index contributed by atoms with van der Waals surface area (Å²) in [5.74, 6) is 1.94. The molecule has 5 aliphatic carbocycles. The van der Waals surface area contributed by atoms with E-state index in [9.17, 15) is 24.0 Å². The van der Waals surface area contributed by atoms with Gasteiger partial charge in [0, 0.05) is 27.9 Å². The molecule has 0 saturated heterocycles. The molecule has 1 atom stereocenters. The number of allylic oxidation sites excluding steroid dienone is 1. The van der Waals surface area contributed by atoms with E-state index >= 15 is 0 Å². The monoisotopic (exact) mass is 1160 g/mol. The molecular formula is C74H96O11. The number of rotatable bonds is 16. The smallest absolute Gasteiger partial charge is 0.334 e. The molecule has 0 amide bonds. The normalized spacial score (nSPS) is 18.5. The molecule has 3 aromatic carbocycles. The minimum absolute atomic E-state index is 0.0652. The predicted molar refractivity (Wildman–Crippen MR) is 343 cm³/mol. The molecule has 0 bridgehead atoms. The summed E-state index contributed by atoms with van der Waals surface area (Å²) in [7, 11) is 0. The largest absolute Gasteiger partial charge is 0.488 e. The van der Waals surface area contributed by atoms with E-state index in [0.29, 0.717) is 27.9 Å². The number of ether oxygens (including phenoxy) is 6. The van der Waals surface area contributed by atoms with Crippen molar-refractivity contribution in [2.45, 2.75) is 211 Å². The number of benzene rings is 3. The summed E-state index contributed by atoms with van der Waals surface area (Å²) in [6.45, 7) is 41.4. The average molecular weight is 1160 g/mol. The molecule has 0 spiro atoms. The molecule has 11 heteroatoms. The Balaban J connectivity index is 0.000000268. The molecule has 4 fully saturated rings. The summed E-state index contributed by atoms with van der Waals surface area (Å²) in [4.78, 5) is 56.9. The zero-order valence-electron chi connectivity index (χ0n) is 52.6. The van der Waals surface area contributed by atoms with Gasteiger partial charge < -0.3 is 28.4 Å². The van der Waals surface area contributed by atoms with Gasteiger partial charge in [0.25, 0.3) is 0 Å². The van der Waals surface area contributed by atoms with Crippen LogP contribution in [0.5, 0.6) is 5.75 Å². The average Bonchev–Trinajstić information content (AvgIpc) is 4.24. The third-order valence-corrected chi connectivity index (χ3v) is 15.4. The van der Waals surface area contributed by atoms with Crippen LogP contribution in [-0.2, 0) is 58.9 Å². The van der Waals surface area contributed by atoms with E-state index in [2.05, 4.69) is 58.9 Å². The minimum Gasteiger partial charge on any atom is -0.488 e. The van der Waals surface area contributed by atoms with E-state index in [1.165, 1.54) is 25.7 Å². The van der Waals surface area contributed by atoms with Gasteiger partial charge in [0.05, 0.1) is 0 Å². The predicted octanol–water partition coefficient (Wildman–Crippen LogP) is 17.5. The van der Waals surface area contributed by atoms with Crippen LogP contribution >= 0.6 is 0 Å². The van der Waals surface area contributed by atoms with E-state index in [-0.39, 0.29) is 35.4 Å². The third-order valence-electron chi connectivity index (χ3n) is 15.4. The third kappa shape index (κ3) is 23.7. The lowest BCUT2D eigenvalue weighted by Gasteiger charge is -2.29. The molecule has 458 valence electrons. The van der Waals surface area contributed by atoms with Crippen LogP contribution in [0.15, 0.2) is 177 Å². The fourth-order valence-corrected chi connectivity index (χ4v) is 10.1. The van der Waals surface area contributed by atoms with Gasteiger partial charge in [0.2, 0.25) is 0 Å². The molecule has 8 rings (SSSR count). The number of hydrogen-bond acceptors (Lipinski definition) is 11. The molecule has 11 nitrogen and oxygen atoms in total. The van der Waals surface area contributed by atoms with E-state index < -0.39 is 28.0 Å². The van der Waals surface area contributed by atoms with Crippen LogP contribution in [0.2, 0.25) is 0 Å². The molecular weight excluding hydrogens is 1060 g/mol.